The van der Waals surface area contributed by atoms with Crippen molar-refractivity contribution in [3.63, 3.8) is 0 Å². The fraction of sp³-hybridized carbons (Fsp3) is 0.269. The Kier molecular flexibility index (Phi) is 7.00. The minimum absolute atomic E-state index is 0.0406. The highest BCUT2D eigenvalue weighted by Crippen LogP contribution is 2.37. The van der Waals surface area contributed by atoms with Crippen LogP contribution >= 0.6 is 24.0 Å². The van der Waals surface area contributed by atoms with Crippen LogP contribution in [0.1, 0.15) is 38.3 Å². The first-order valence-corrected chi connectivity index (χ1v) is 12.3. The lowest BCUT2D eigenvalue weighted by Crippen LogP contribution is -2.36. The van der Waals surface area contributed by atoms with Gasteiger partial charge in [-0.2, -0.15) is 5.10 Å². The zero-order chi connectivity index (χ0) is 23.5. The number of hydrogen-bond acceptors (Lipinski definition) is 5. The fourth-order valence-corrected chi connectivity index (χ4v) is 5.21. The van der Waals surface area contributed by atoms with Crippen LogP contribution in [0.4, 0.5) is 0 Å². The molecule has 0 N–H and O–H groups in total. The van der Waals surface area contributed by atoms with Crippen LogP contribution in [0.2, 0.25) is 0 Å². The second-order valence-electron chi connectivity index (χ2n) is 7.93. The number of aryl methyl sites for hydroxylation is 1. The van der Waals surface area contributed by atoms with Crippen molar-refractivity contribution in [2.75, 3.05) is 6.61 Å². The summed E-state index contributed by atoms with van der Waals surface area (Å²) in [6.07, 6.45) is 4.73. The van der Waals surface area contributed by atoms with E-state index in [1.807, 2.05) is 86.3 Å². The van der Waals surface area contributed by atoms with Gasteiger partial charge in [0.25, 0.3) is 5.91 Å². The predicted octanol–water partition coefficient (Wildman–Crippen LogP) is 6.25. The average Bonchev–Trinajstić information content (AvgIpc) is 3.35. The highest BCUT2D eigenvalue weighted by Gasteiger charge is 2.35. The normalized spacial score (nSPS) is 16.0. The highest BCUT2D eigenvalue weighted by atomic mass is 32.2. The van der Waals surface area contributed by atoms with E-state index in [0.717, 1.165) is 40.2 Å². The number of nitrogens with zero attached hydrogens (tertiary/aromatic N) is 3. The number of amides is 1. The number of para-hydroxylation sites is 1. The molecule has 0 radical (unpaired) electrons. The number of benzene rings is 2. The molecule has 2 aromatic carbocycles. The molecule has 170 valence electrons. The van der Waals surface area contributed by atoms with Crippen LogP contribution in [0.5, 0.6) is 5.75 Å². The maximum absolute atomic E-state index is 13.1. The number of hydrogen-bond donors (Lipinski definition) is 0. The van der Waals surface area contributed by atoms with E-state index in [2.05, 4.69) is 6.92 Å². The fourth-order valence-electron chi connectivity index (χ4n) is 3.76. The molecule has 4 rings (SSSR count). The standard InChI is InChI=1S/C26H27N3O2S2/c1-5-18(4)29-25(30)23(33-26(29)32)15-19-16-28(20-10-8-7-9-11-20)27-24(19)22-13-12-21(31-6-2)14-17(22)3/h7-16,18H,5-6H2,1-4H3/b23-15-/t18-/m0/s1. The van der Waals surface area contributed by atoms with E-state index in [1.54, 1.807) is 4.90 Å². The second kappa shape index (κ2) is 9.93. The topological polar surface area (TPSA) is 47.4 Å². The van der Waals surface area contributed by atoms with Crippen molar-refractivity contribution in [2.45, 2.75) is 40.2 Å². The minimum atomic E-state index is -0.0406. The van der Waals surface area contributed by atoms with Gasteiger partial charge in [0.15, 0.2) is 0 Å². The van der Waals surface area contributed by atoms with Crippen molar-refractivity contribution in [3.8, 4) is 22.7 Å². The average molecular weight is 478 g/mol. The van der Waals surface area contributed by atoms with E-state index in [-0.39, 0.29) is 11.9 Å². The zero-order valence-electron chi connectivity index (χ0n) is 19.2. The van der Waals surface area contributed by atoms with Crippen molar-refractivity contribution >= 4 is 40.3 Å². The van der Waals surface area contributed by atoms with E-state index in [0.29, 0.717) is 15.8 Å². The molecule has 0 saturated carbocycles. The van der Waals surface area contributed by atoms with Crippen LogP contribution in [-0.4, -0.2) is 37.6 Å². The molecule has 1 aliphatic rings. The molecule has 7 heteroatoms. The van der Waals surface area contributed by atoms with Gasteiger partial charge >= 0.3 is 0 Å². The van der Waals surface area contributed by atoms with E-state index < -0.39 is 0 Å². The third-order valence-corrected chi connectivity index (χ3v) is 7.00. The molecular formula is C26H27N3O2S2. The highest BCUT2D eigenvalue weighted by molar-refractivity contribution is 8.26. The molecule has 1 amide bonds. The van der Waals surface area contributed by atoms with E-state index in [9.17, 15) is 4.79 Å². The van der Waals surface area contributed by atoms with Crippen LogP contribution in [0.3, 0.4) is 0 Å². The van der Waals surface area contributed by atoms with Crippen molar-refractivity contribution in [1.82, 2.24) is 14.7 Å². The lowest BCUT2D eigenvalue weighted by atomic mass is 10.0. The Labute approximate surface area is 204 Å². The Morgan fingerprint density at radius 3 is 2.61 bits per heavy atom. The first-order chi connectivity index (χ1) is 15.9. The van der Waals surface area contributed by atoms with Gasteiger partial charge in [0, 0.05) is 23.4 Å². The maximum Gasteiger partial charge on any atom is 0.266 e. The summed E-state index contributed by atoms with van der Waals surface area (Å²) in [4.78, 5) is 15.5. The Balaban J connectivity index is 1.81. The number of thiocarbonyl (C=S) groups is 1. The summed E-state index contributed by atoms with van der Waals surface area (Å²) in [5.41, 5.74) is 4.69. The summed E-state index contributed by atoms with van der Waals surface area (Å²) in [7, 11) is 0. The molecule has 0 unspecified atom stereocenters. The first kappa shape index (κ1) is 23.3. The smallest absolute Gasteiger partial charge is 0.266 e. The van der Waals surface area contributed by atoms with Crippen LogP contribution in [0.25, 0.3) is 23.0 Å². The monoisotopic (exact) mass is 477 g/mol. The van der Waals surface area contributed by atoms with Crippen molar-refractivity contribution < 1.29 is 9.53 Å². The van der Waals surface area contributed by atoms with Crippen molar-refractivity contribution in [2.24, 2.45) is 0 Å². The van der Waals surface area contributed by atoms with Crippen LogP contribution in [-0.2, 0) is 4.79 Å². The van der Waals surface area contributed by atoms with Crippen LogP contribution in [0.15, 0.2) is 59.6 Å². The van der Waals surface area contributed by atoms with Crippen LogP contribution in [0, 0.1) is 6.92 Å². The molecule has 5 nitrogen and oxygen atoms in total. The van der Waals surface area contributed by atoms with Gasteiger partial charge in [-0.15, -0.1) is 0 Å². The number of carbonyl (C=O) groups is 1. The summed E-state index contributed by atoms with van der Waals surface area (Å²) < 4.78 is 8.12. The number of rotatable bonds is 7. The number of aromatic nitrogens is 2. The van der Waals surface area contributed by atoms with Gasteiger partial charge in [-0.05, 0) is 69.2 Å². The number of carbonyl (C=O) groups excluding carboxylic acids is 1. The van der Waals surface area contributed by atoms with Gasteiger partial charge in [0.05, 0.1) is 17.2 Å². The quantitative estimate of drug-likeness (QED) is 0.297. The molecule has 33 heavy (non-hydrogen) atoms. The lowest BCUT2D eigenvalue weighted by molar-refractivity contribution is -0.123. The molecule has 1 aromatic heterocycles. The second-order valence-corrected chi connectivity index (χ2v) is 9.61. The zero-order valence-corrected chi connectivity index (χ0v) is 20.9. The minimum Gasteiger partial charge on any atom is -0.494 e. The van der Waals surface area contributed by atoms with Gasteiger partial charge in [0.2, 0.25) is 0 Å². The third kappa shape index (κ3) is 4.75. The van der Waals surface area contributed by atoms with Gasteiger partial charge in [-0.3, -0.25) is 9.69 Å². The molecule has 2 heterocycles. The Hall–Kier alpha value is -2.90. The van der Waals surface area contributed by atoms with Gasteiger partial charge in [-0.25, -0.2) is 4.68 Å². The van der Waals surface area contributed by atoms with E-state index >= 15 is 0 Å². The Morgan fingerprint density at radius 2 is 1.94 bits per heavy atom. The summed E-state index contributed by atoms with van der Waals surface area (Å²) in [5, 5.41) is 4.91. The number of ether oxygens (including phenoxy) is 1. The molecule has 0 bridgehead atoms. The van der Waals surface area contributed by atoms with Crippen LogP contribution < -0.4 is 4.74 Å². The van der Waals surface area contributed by atoms with Crippen molar-refractivity contribution in [1.29, 1.82) is 0 Å². The molecular weight excluding hydrogens is 450 g/mol. The molecule has 0 aliphatic carbocycles. The SMILES string of the molecule is CCOc1ccc(-c2nn(-c3ccccc3)cc2/C=C2\SC(=S)N([C@@H](C)CC)C2=O)c(C)c1. The van der Waals surface area contributed by atoms with E-state index in [4.69, 9.17) is 22.1 Å². The predicted molar refractivity (Wildman–Crippen MR) is 140 cm³/mol. The molecule has 1 fully saturated rings. The summed E-state index contributed by atoms with van der Waals surface area (Å²) >= 11 is 6.87. The summed E-state index contributed by atoms with van der Waals surface area (Å²) in [5.74, 6) is 0.790. The Morgan fingerprint density at radius 1 is 1.18 bits per heavy atom. The molecule has 1 atom stereocenters. The molecule has 1 saturated heterocycles. The van der Waals surface area contributed by atoms with E-state index in [1.165, 1.54) is 11.8 Å². The summed E-state index contributed by atoms with van der Waals surface area (Å²) in [6.45, 7) is 8.72. The third-order valence-electron chi connectivity index (χ3n) is 5.67. The molecule has 3 aromatic rings. The lowest BCUT2D eigenvalue weighted by Gasteiger charge is -2.21. The first-order valence-electron chi connectivity index (χ1n) is 11.1. The summed E-state index contributed by atoms with van der Waals surface area (Å²) in [6, 6.07) is 16.0. The Bertz CT molecular complexity index is 1220. The maximum atomic E-state index is 13.1. The van der Waals surface area contributed by atoms with Gasteiger partial charge < -0.3 is 4.74 Å². The molecule has 0 spiro atoms. The molecule has 1 aliphatic heterocycles. The largest absolute Gasteiger partial charge is 0.494 e. The van der Waals surface area contributed by atoms with Gasteiger partial charge in [-0.1, -0.05) is 49.1 Å². The van der Waals surface area contributed by atoms with Crippen molar-refractivity contribution in [3.05, 3.63) is 70.8 Å². The number of thioether (sulfide) groups is 1. The van der Waals surface area contributed by atoms with Gasteiger partial charge in [0.1, 0.15) is 15.8 Å².